The smallest absolute Gasteiger partial charge is 0.102 e. The fourth-order valence-corrected chi connectivity index (χ4v) is 1.47. The van der Waals surface area contributed by atoms with Crippen molar-refractivity contribution in [2.75, 3.05) is 0 Å². The number of aliphatic hydroxyl groups excluding tert-OH is 2. The summed E-state index contributed by atoms with van der Waals surface area (Å²) in [7, 11) is 0. The van der Waals surface area contributed by atoms with Crippen molar-refractivity contribution in [1.29, 1.82) is 0 Å². The van der Waals surface area contributed by atoms with Crippen molar-refractivity contribution in [3.8, 4) is 0 Å². The Hall–Kier alpha value is -0.800. The maximum Gasteiger partial charge on any atom is 0.102 e. The van der Waals surface area contributed by atoms with Gasteiger partial charge in [-0.2, -0.15) is 0 Å². The van der Waals surface area contributed by atoms with Crippen LogP contribution in [-0.4, -0.2) is 22.4 Å². The molecule has 17 heavy (non-hydrogen) atoms. The number of aliphatic hydroxyl groups is 2. The highest BCUT2D eigenvalue weighted by atomic mass is 16.5. The van der Waals surface area contributed by atoms with Gasteiger partial charge in [0.25, 0.3) is 0 Å². The van der Waals surface area contributed by atoms with Crippen LogP contribution >= 0.6 is 0 Å². The van der Waals surface area contributed by atoms with Crippen molar-refractivity contribution in [3.05, 3.63) is 22.7 Å². The average molecular weight is 242 g/mol. The summed E-state index contributed by atoms with van der Waals surface area (Å²) in [5.74, 6) is 1.42. The minimum absolute atomic E-state index is 0.459. The summed E-state index contributed by atoms with van der Waals surface area (Å²) in [5, 5.41) is 19.4. The molecular weight excluding hydrogens is 216 g/mol. The molecule has 0 aromatic rings. The predicted octanol–water partition coefficient (Wildman–Crippen LogP) is 3.13. The van der Waals surface area contributed by atoms with Crippen LogP contribution in [-0.2, 0) is 4.74 Å². The number of ether oxygens (including phenoxy) is 1. The summed E-state index contributed by atoms with van der Waals surface area (Å²) in [5.41, 5.74) is 1.68. The van der Waals surface area contributed by atoms with E-state index in [-0.39, 0.29) is 0 Å². The van der Waals surface area contributed by atoms with E-state index in [0.29, 0.717) is 24.4 Å². The van der Waals surface area contributed by atoms with Gasteiger partial charge in [0.2, 0.25) is 0 Å². The van der Waals surface area contributed by atoms with Crippen molar-refractivity contribution in [1.82, 2.24) is 0 Å². The van der Waals surface area contributed by atoms with Gasteiger partial charge in [0, 0.05) is 0 Å². The minimum Gasteiger partial charge on any atom is -0.467 e. The highest BCUT2D eigenvalue weighted by Crippen LogP contribution is 2.19. The first-order valence-electron chi connectivity index (χ1n) is 6.23. The normalized spacial score (nSPS) is 18.1. The highest BCUT2D eigenvalue weighted by molar-refractivity contribution is 5.15. The molecule has 0 saturated heterocycles. The lowest BCUT2D eigenvalue weighted by Crippen LogP contribution is -2.11. The molecule has 100 valence electrons. The number of hydrogen-bond donors (Lipinski definition) is 2. The van der Waals surface area contributed by atoms with Crippen molar-refractivity contribution >= 4 is 0 Å². The van der Waals surface area contributed by atoms with Crippen molar-refractivity contribution in [3.63, 3.8) is 0 Å². The topological polar surface area (TPSA) is 49.7 Å². The highest BCUT2D eigenvalue weighted by Gasteiger charge is 2.11. The van der Waals surface area contributed by atoms with Crippen LogP contribution in [0.25, 0.3) is 0 Å². The molecule has 0 spiro atoms. The zero-order chi connectivity index (χ0) is 13.6. The van der Waals surface area contributed by atoms with E-state index in [1.54, 1.807) is 0 Å². The molecule has 0 aliphatic carbocycles. The Morgan fingerprint density at radius 1 is 0.824 bits per heavy atom. The third-order valence-corrected chi connectivity index (χ3v) is 3.19. The Kier molecular flexibility index (Phi) is 7.16. The van der Waals surface area contributed by atoms with Crippen LogP contribution in [0.2, 0.25) is 0 Å². The van der Waals surface area contributed by atoms with E-state index in [2.05, 4.69) is 0 Å². The zero-order valence-electron chi connectivity index (χ0n) is 11.9. The maximum absolute atomic E-state index is 9.70. The molecule has 3 heteroatoms. The SMILES string of the molecule is CCC(O)C(C)=C(C)OC(C)=C(C)C(O)CC. The molecule has 0 aliphatic heterocycles. The van der Waals surface area contributed by atoms with E-state index < -0.39 is 12.2 Å². The van der Waals surface area contributed by atoms with E-state index in [0.717, 1.165) is 11.1 Å². The molecule has 0 rings (SSSR count). The van der Waals surface area contributed by atoms with Gasteiger partial charge in [-0.25, -0.2) is 0 Å². The van der Waals surface area contributed by atoms with Gasteiger partial charge in [0.15, 0.2) is 0 Å². The fourth-order valence-electron chi connectivity index (χ4n) is 1.47. The summed E-state index contributed by atoms with van der Waals surface area (Å²) in [6.07, 6.45) is 0.427. The Morgan fingerprint density at radius 3 is 1.35 bits per heavy atom. The summed E-state index contributed by atoms with van der Waals surface area (Å²) in [6, 6.07) is 0. The largest absolute Gasteiger partial charge is 0.467 e. The molecule has 2 unspecified atom stereocenters. The second-order valence-electron chi connectivity index (χ2n) is 4.43. The Labute approximate surface area is 105 Å². The summed E-state index contributed by atoms with van der Waals surface area (Å²) < 4.78 is 5.66. The van der Waals surface area contributed by atoms with Crippen molar-refractivity contribution in [2.24, 2.45) is 0 Å². The molecule has 0 heterocycles. The van der Waals surface area contributed by atoms with Gasteiger partial charge in [0.05, 0.1) is 12.2 Å². The summed E-state index contributed by atoms with van der Waals surface area (Å²) >= 11 is 0. The van der Waals surface area contributed by atoms with Gasteiger partial charge in [-0.05, 0) is 51.7 Å². The Morgan fingerprint density at radius 2 is 1.12 bits per heavy atom. The first-order valence-corrected chi connectivity index (χ1v) is 6.23. The molecule has 3 nitrogen and oxygen atoms in total. The van der Waals surface area contributed by atoms with Gasteiger partial charge in [-0.15, -0.1) is 0 Å². The van der Waals surface area contributed by atoms with Crippen LogP contribution in [0.15, 0.2) is 22.7 Å². The van der Waals surface area contributed by atoms with Gasteiger partial charge < -0.3 is 14.9 Å². The predicted molar refractivity (Wildman–Crippen MR) is 70.4 cm³/mol. The van der Waals surface area contributed by atoms with Gasteiger partial charge in [-0.1, -0.05) is 13.8 Å². The molecule has 2 N–H and O–H groups in total. The molecular formula is C14H26O3. The van der Waals surface area contributed by atoms with E-state index in [4.69, 9.17) is 4.74 Å². The van der Waals surface area contributed by atoms with Crippen LogP contribution in [0, 0.1) is 0 Å². The lowest BCUT2D eigenvalue weighted by Gasteiger charge is -2.17. The van der Waals surface area contributed by atoms with Gasteiger partial charge in [-0.3, -0.25) is 0 Å². The third-order valence-electron chi connectivity index (χ3n) is 3.19. The molecule has 2 atom stereocenters. The average Bonchev–Trinajstić information content (AvgIpc) is 2.34. The summed E-state index contributed by atoms with van der Waals surface area (Å²) in [4.78, 5) is 0. The molecule has 0 radical (unpaired) electrons. The van der Waals surface area contributed by atoms with Crippen LogP contribution in [0.4, 0.5) is 0 Å². The van der Waals surface area contributed by atoms with Gasteiger partial charge in [0.1, 0.15) is 11.5 Å². The molecule has 0 aromatic heterocycles. The van der Waals surface area contributed by atoms with Crippen molar-refractivity contribution < 1.29 is 14.9 Å². The quantitative estimate of drug-likeness (QED) is 0.703. The van der Waals surface area contributed by atoms with Crippen LogP contribution in [0.1, 0.15) is 54.4 Å². The van der Waals surface area contributed by atoms with E-state index in [1.807, 2.05) is 41.5 Å². The molecule has 0 amide bonds. The molecule has 0 aromatic carbocycles. The second-order valence-corrected chi connectivity index (χ2v) is 4.43. The Bertz CT molecular complexity index is 273. The maximum atomic E-state index is 9.70. The van der Waals surface area contributed by atoms with Crippen LogP contribution < -0.4 is 0 Å². The summed E-state index contributed by atoms with van der Waals surface area (Å²) in [6.45, 7) is 11.3. The zero-order valence-corrected chi connectivity index (χ0v) is 11.9. The van der Waals surface area contributed by atoms with Gasteiger partial charge >= 0.3 is 0 Å². The van der Waals surface area contributed by atoms with E-state index in [9.17, 15) is 10.2 Å². The second kappa shape index (κ2) is 7.51. The van der Waals surface area contributed by atoms with Crippen molar-refractivity contribution in [2.45, 2.75) is 66.6 Å². The Balaban J connectivity index is 4.85. The van der Waals surface area contributed by atoms with Crippen LogP contribution in [0.3, 0.4) is 0 Å². The number of allylic oxidation sites excluding steroid dienone is 2. The van der Waals surface area contributed by atoms with E-state index >= 15 is 0 Å². The fraction of sp³-hybridized carbons (Fsp3) is 0.714. The van der Waals surface area contributed by atoms with E-state index in [1.165, 1.54) is 0 Å². The molecule has 0 bridgehead atoms. The third kappa shape index (κ3) is 4.92. The first-order chi connectivity index (χ1) is 7.84. The monoisotopic (exact) mass is 242 g/mol. The molecule has 0 saturated carbocycles. The molecule has 0 aliphatic rings. The van der Waals surface area contributed by atoms with Crippen LogP contribution in [0.5, 0.6) is 0 Å². The molecule has 0 fully saturated rings. The number of hydrogen-bond acceptors (Lipinski definition) is 3. The number of rotatable bonds is 6. The minimum atomic E-state index is -0.459. The lowest BCUT2D eigenvalue weighted by molar-refractivity contribution is 0.183. The lowest BCUT2D eigenvalue weighted by atomic mass is 10.1. The first kappa shape index (κ1) is 16.2. The standard InChI is InChI=1S/C14H26O3/c1-7-13(15)9(3)11(5)17-12(6)10(4)14(16)8-2/h13-16H,7-8H2,1-6H3.